The highest BCUT2D eigenvalue weighted by Crippen LogP contribution is 2.22. The zero-order valence-electron chi connectivity index (χ0n) is 13.6. The summed E-state index contributed by atoms with van der Waals surface area (Å²) in [5.41, 5.74) is 4.48. The van der Waals surface area contributed by atoms with Gasteiger partial charge in [0.1, 0.15) is 5.70 Å². The Labute approximate surface area is 147 Å². The van der Waals surface area contributed by atoms with Crippen LogP contribution in [0.1, 0.15) is 18.1 Å². The number of hydrogen-bond donors (Lipinski definition) is 1. The van der Waals surface area contributed by atoms with Gasteiger partial charge in [-0.05, 0) is 55.4 Å². The first-order chi connectivity index (χ1) is 11.5. The van der Waals surface area contributed by atoms with E-state index in [1.54, 1.807) is 0 Å². The number of anilines is 1. The van der Waals surface area contributed by atoms with Crippen molar-refractivity contribution in [1.29, 1.82) is 0 Å². The molecule has 2 aromatic carbocycles. The first-order valence-corrected chi connectivity index (χ1v) is 8.12. The van der Waals surface area contributed by atoms with Crippen LogP contribution < -0.4 is 10.2 Å². The summed E-state index contributed by atoms with van der Waals surface area (Å²) < 4.78 is 0. The summed E-state index contributed by atoms with van der Waals surface area (Å²) in [4.78, 5) is 14.2. The van der Waals surface area contributed by atoms with E-state index in [2.05, 4.69) is 5.32 Å². The van der Waals surface area contributed by atoms with Crippen LogP contribution in [-0.2, 0) is 4.79 Å². The lowest BCUT2D eigenvalue weighted by Gasteiger charge is -2.13. The van der Waals surface area contributed by atoms with Gasteiger partial charge in [0.25, 0.3) is 5.91 Å². The van der Waals surface area contributed by atoms with E-state index >= 15 is 0 Å². The minimum Gasteiger partial charge on any atom is -0.327 e. The van der Waals surface area contributed by atoms with Crippen LogP contribution in [0.15, 0.2) is 71.9 Å². The van der Waals surface area contributed by atoms with E-state index in [1.165, 1.54) is 4.90 Å². The summed E-state index contributed by atoms with van der Waals surface area (Å²) in [5.74, 6) is -0.135. The number of thiocarbonyl (C=S) groups is 1. The Kier molecular flexibility index (Phi) is 4.58. The standard InChI is InChI=1S/C20H18N2OS/c1-14-8-10-17(11-9-14)22-19(23)18(21-20(22)24)13-15(2)12-16-6-4-3-5-7-16/h3-13H,1-2H3,(H,21,24)/b15-12+,18-13-. The minimum absolute atomic E-state index is 0.135. The molecular formula is C20H18N2OS. The Balaban J connectivity index is 1.85. The molecule has 24 heavy (non-hydrogen) atoms. The number of carbonyl (C=O) groups excluding carboxylic acids is 1. The van der Waals surface area contributed by atoms with Crippen molar-refractivity contribution >= 4 is 35.0 Å². The fraction of sp³-hybridized carbons (Fsp3) is 0.100. The summed E-state index contributed by atoms with van der Waals surface area (Å²) in [6, 6.07) is 17.7. The van der Waals surface area contributed by atoms with Crippen molar-refractivity contribution in [3.05, 3.63) is 83.1 Å². The van der Waals surface area contributed by atoms with E-state index in [0.29, 0.717) is 10.8 Å². The van der Waals surface area contributed by atoms with Gasteiger partial charge in [-0.15, -0.1) is 0 Å². The SMILES string of the molecule is CC(/C=C1\NC(=S)N(c2ccc(C)cc2)C1=O)=C\c1ccccc1. The number of rotatable bonds is 3. The third-order valence-corrected chi connectivity index (χ3v) is 4.02. The lowest BCUT2D eigenvalue weighted by Crippen LogP contribution is -2.30. The Bertz CT molecular complexity index is 836. The quantitative estimate of drug-likeness (QED) is 0.674. The number of carbonyl (C=O) groups is 1. The van der Waals surface area contributed by atoms with Crippen LogP contribution in [0.3, 0.4) is 0 Å². The normalized spacial score (nSPS) is 16.7. The average Bonchev–Trinajstić information content (AvgIpc) is 2.83. The van der Waals surface area contributed by atoms with Crippen LogP contribution in [0.5, 0.6) is 0 Å². The molecule has 3 nitrogen and oxygen atoms in total. The maximum atomic E-state index is 12.7. The molecule has 1 aliphatic rings. The summed E-state index contributed by atoms with van der Waals surface area (Å²) in [5, 5.41) is 3.42. The van der Waals surface area contributed by atoms with Crippen LogP contribution in [0.25, 0.3) is 6.08 Å². The Morgan fingerprint density at radius 1 is 1.08 bits per heavy atom. The van der Waals surface area contributed by atoms with Gasteiger partial charge in [0.15, 0.2) is 5.11 Å². The molecule has 0 atom stereocenters. The van der Waals surface area contributed by atoms with Gasteiger partial charge in [-0.25, -0.2) is 0 Å². The zero-order chi connectivity index (χ0) is 17.1. The van der Waals surface area contributed by atoms with Gasteiger partial charge in [-0.1, -0.05) is 54.1 Å². The van der Waals surface area contributed by atoms with Crippen molar-refractivity contribution in [1.82, 2.24) is 5.32 Å². The van der Waals surface area contributed by atoms with E-state index in [9.17, 15) is 4.79 Å². The molecule has 1 fully saturated rings. The fourth-order valence-corrected chi connectivity index (χ4v) is 2.84. The summed E-state index contributed by atoms with van der Waals surface area (Å²) in [6.45, 7) is 3.97. The topological polar surface area (TPSA) is 32.3 Å². The maximum absolute atomic E-state index is 12.7. The Morgan fingerprint density at radius 2 is 1.75 bits per heavy atom. The molecule has 0 aliphatic carbocycles. The van der Waals surface area contributed by atoms with Crippen molar-refractivity contribution in [3.8, 4) is 0 Å². The van der Waals surface area contributed by atoms with Gasteiger partial charge in [0.2, 0.25) is 0 Å². The number of nitrogens with zero attached hydrogens (tertiary/aromatic N) is 1. The van der Waals surface area contributed by atoms with Crippen molar-refractivity contribution in [3.63, 3.8) is 0 Å². The van der Waals surface area contributed by atoms with Crippen LogP contribution in [-0.4, -0.2) is 11.0 Å². The first kappa shape index (κ1) is 16.1. The number of benzene rings is 2. The van der Waals surface area contributed by atoms with Crippen molar-refractivity contribution in [2.75, 3.05) is 4.90 Å². The number of aryl methyl sites for hydroxylation is 1. The highest BCUT2D eigenvalue weighted by molar-refractivity contribution is 7.80. The molecule has 0 spiro atoms. The van der Waals surface area contributed by atoms with Gasteiger partial charge in [0.05, 0.1) is 5.69 Å². The van der Waals surface area contributed by atoms with E-state index < -0.39 is 0 Å². The molecule has 2 aromatic rings. The highest BCUT2D eigenvalue weighted by Gasteiger charge is 2.31. The molecule has 0 bridgehead atoms. The van der Waals surface area contributed by atoms with E-state index in [-0.39, 0.29) is 5.91 Å². The highest BCUT2D eigenvalue weighted by atomic mass is 32.1. The molecule has 1 aliphatic heterocycles. The van der Waals surface area contributed by atoms with Gasteiger partial charge in [-0.2, -0.15) is 0 Å². The average molecular weight is 334 g/mol. The lowest BCUT2D eigenvalue weighted by molar-refractivity contribution is -0.113. The number of amides is 1. The molecule has 0 unspecified atom stereocenters. The molecule has 4 heteroatoms. The molecular weight excluding hydrogens is 316 g/mol. The third kappa shape index (κ3) is 3.44. The molecule has 0 radical (unpaired) electrons. The largest absolute Gasteiger partial charge is 0.327 e. The molecule has 1 N–H and O–H groups in total. The number of allylic oxidation sites excluding steroid dienone is 2. The van der Waals surface area contributed by atoms with Gasteiger partial charge < -0.3 is 5.32 Å². The van der Waals surface area contributed by atoms with E-state index in [1.807, 2.05) is 80.6 Å². The predicted molar refractivity (Wildman–Crippen MR) is 103 cm³/mol. The van der Waals surface area contributed by atoms with Crippen molar-refractivity contribution < 1.29 is 4.79 Å². The molecule has 120 valence electrons. The predicted octanol–water partition coefficient (Wildman–Crippen LogP) is 4.20. The minimum atomic E-state index is -0.135. The van der Waals surface area contributed by atoms with Crippen molar-refractivity contribution in [2.45, 2.75) is 13.8 Å². The monoisotopic (exact) mass is 334 g/mol. The molecule has 1 amide bonds. The second-order valence-electron chi connectivity index (χ2n) is 5.76. The number of hydrogen-bond acceptors (Lipinski definition) is 2. The summed E-state index contributed by atoms with van der Waals surface area (Å²) in [7, 11) is 0. The van der Waals surface area contributed by atoms with E-state index in [0.717, 1.165) is 22.4 Å². The van der Waals surface area contributed by atoms with E-state index in [4.69, 9.17) is 12.2 Å². The fourth-order valence-electron chi connectivity index (χ4n) is 2.54. The summed E-state index contributed by atoms with van der Waals surface area (Å²) >= 11 is 5.33. The smallest absolute Gasteiger partial charge is 0.281 e. The molecule has 1 saturated heterocycles. The van der Waals surface area contributed by atoms with Crippen LogP contribution in [0.2, 0.25) is 0 Å². The zero-order valence-corrected chi connectivity index (χ0v) is 14.4. The molecule has 0 saturated carbocycles. The molecule has 3 rings (SSSR count). The molecule has 1 heterocycles. The van der Waals surface area contributed by atoms with Crippen LogP contribution >= 0.6 is 12.2 Å². The Hall–Kier alpha value is -2.72. The van der Waals surface area contributed by atoms with Crippen LogP contribution in [0.4, 0.5) is 5.69 Å². The van der Waals surface area contributed by atoms with Gasteiger partial charge in [-0.3, -0.25) is 9.69 Å². The summed E-state index contributed by atoms with van der Waals surface area (Å²) in [6.07, 6.45) is 3.86. The second-order valence-corrected chi connectivity index (χ2v) is 6.15. The molecule has 0 aromatic heterocycles. The number of nitrogens with one attached hydrogen (secondary N) is 1. The lowest BCUT2D eigenvalue weighted by atomic mass is 10.1. The maximum Gasteiger partial charge on any atom is 0.281 e. The van der Waals surface area contributed by atoms with Crippen molar-refractivity contribution in [2.24, 2.45) is 0 Å². The first-order valence-electron chi connectivity index (χ1n) is 7.72. The van der Waals surface area contributed by atoms with Gasteiger partial charge in [0, 0.05) is 0 Å². The van der Waals surface area contributed by atoms with Gasteiger partial charge >= 0.3 is 0 Å². The third-order valence-electron chi connectivity index (χ3n) is 3.74. The van der Waals surface area contributed by atoms with Crippen LogP contribution in [0, 0.1) is 6.92 Å². The Morgan fingerprint density at radius 3 is 2.42 bits per heavy atom. The second kappa shape index (κ2) is 6.81.